The molecule has 0 radical (unpaired) electrons. The molecule has 0 aliphatic heterocycles. The Morgan fingerprint density at radius 1 is 0.950 bits per heavy atom. The zero-order valence-electron chi connectivity index (χ0n) is 13.6. The first kappa shape index (κ1) is 17.0. The zero-order chi connectivity index (χ0) is 14.8. The van der Waals surface area contributed by atoms with Gasteiger partial charge in [-0.1, -0.05) is 38.5 Å². The first-order valence-electron chi connectivity index (χ1n) is 7.87. The Hall–Kier alpha value is -1.02. The molecule has 1 aromatic rings. The van der Waals surface area contributed by atoms with Crippen LogP contribution in [0.2, 0.25) is 0 Å². The van der Waals surface area contributed by atoms with Crippen LogP contribution in [0.4, 0.5) is 0 Å². The number of aryl methyl sites for hydroxylation is 1. The molecule has 0 N–H and O–H groups in total. The highest BCUT2D eigenvalue weighted by Gasteiger charge is 2.19. The standard InChI is InChI=1S/C18H30O2/c1-5-18(4,6-2)15-19-13-7-8-14-20-17-11-9-16(3)10-12-17/h9-12H,5-8,13-15H2,1-4H3. The van der Waals surface area contributed by atoms with E-state index in [4.69, 9.17) is 9.47 Å². The Kier molecular flexibility index (Phi) is 7.68. The van der Waals surface area contributed by atoms with Crippen molar-refractivity contribution in [2.45, 2.75) is 53.4 Å². The lowest BCUT2D eigenvalue weighted by molar-refractivity contribution is 0.0451. The summed E-state index contributed by atoms with van der Waals surface area (Å²) in [6.07, 6.45) is 4.47. The summed E-state index contributed by atoms with van der Waals surface area (Å²) >= 11 is 0. The van der Waals surface area contributed by atoms with Gasteiger partial charge >= 0.3 is 0 Å². The van der Waals surface area contributed by atoms with Gasteiger partial charge in [0, 0.05) is 6.61 Å². The number of unbranched alkanes of at least 4 members (excludes halogenated alkanes) is 1. The quantitative estimate of drug-likeness (QED) is 0.561. The Morgan fingerprint density at radius 3 is 2.15 bits per heavy atom. The lowest BCUT2D eigenvalue weighted by Crippen LogP contribution is -2.21. The van der Waals surface area contributed by atoms with Crippen LogP contribution in [0, 0.1) is 12.3 Å². The Balaban J connectivity index is 2.04. The van der Waals surface area contributed by atoms with Crippen molar-refractivity contribution < 1.29 is 9.47 Å². The highest BCUT2D eigenvalue weighted by atomic mass is 16.5. The molecule has 0 amide bonds. The SMILES string of the molecule is CCC(C)(CC)COCCCCOc1ccc(C)cc1. The molecule has 0 heterocycles. The van der Waals surface area contributed by atoms with E-state index in [1.807, 2.05) is 12.1 Å². The molecule has 0 aromatic heterocycles. The Morgan fingerprint density at radius 2 is 1.55 bits per heavy atom. The average molecular weight is 278 g/mol. The third-order valence-corrected chi connectivity index (χ3v) is 4.13. The van der Waals surface area contributed by atoms with Crippen molar-refractivity contribution in [1.82, 2.24) is 0 Å². The summed E-state index contributed by atoms with van der Waals surface area (Å²) in [5.74, 6) is 0.959. The Bertz CT molecular complexity index is 352. The largest absolute Gasteiger partial charge is 0.494 e. The molecular formula is C18H30O2. The molecule has 0 saturated carbocycles. The van der Waals surface area contributed by atoms with Crippen molar-refractivity contribution in [3.05, 3.63) is 29.8 Å². The maximum absolute atomic E-state index is 5.79. The van der Waals surface area contributed by atoms with E-state index >= 15 is 0 Å². The molecule has 20 heavy (non-hydrogen) atoms. The average Bonchev–Trinajstić information content (AvgIpc) is 2.48. The summed E-state index contributed by atoms with van der Waals surface area (Å²) in [5, 5.41) is 0. The summed E-state index contributed by atoms with van der Waals surface area (Å²) in [6.45, 7) is 11.3. The van der Waals surface area contributed by atoms with Gasteiger partial charge in [0.15, 0.2) is 0 Å². The van der Waals surface area contributed by atoms with Crippen molar-refractivity contribution in [3.8, 4) is 5.75 Å². The molecule has 2 nitrogen and oxygen atoms in total. The first-order valence-corrected chi connectivity index (χ1v) is 7.87. The fourth-order valence-electron chi connectivity index (χ4n) is 1.90. The second kappa shape index (κ2) is 9.02. The van der Waals surface area contributed by atoms with E-state index in [1.54, 1.807) is 0 Å². The third-order valence-electron chi connectivity index (χ3n) is 4.13. The van der Waals surface area contributed by atoms with Crippen molar-refractivity contribution in [2.24, 2.45) is 5.41 Å². The molecule has 0 saturated heterocycles. The normalized spacial score (nSPS) is 11.6. The van der Waals surface area contributed by atoms with Crippen LogP contribution in [0.1, 0.15) is 52.0 Å². The highest BCUT2D eigenvalue weighted by molar-refractivity contribution is 5.26. The van der Waals surface area contributed by atoms with Gasteiger partial charge in [0.05, 0.1) is 13.2 Å². The molecule has 114 valence electrons. The van der Waals surface area contributed by atoms with Crippen LogP contribution >= 0.6 is 0 Å². The number of hydrogen-bond donors (Lipinski definition) is 0. The molecule has 0 unspecified atom stereocenters. The van der Waals surface area contributed by atoms with Crippen molar-refractivity contribution in [2.75, 3.05) is 19.8 Å². The molecule has 0 fully saturated rings. The van der Waals surface area contributed by atoms with Gasteiger partial charge < -0.3 is 9.47 Å². The second-order valence-corrected chi connectivity index (χ2v) is 5.94. The summed E-state index contributed by atoms with van der Waals surface area (Å²) in [4.78, 5) is 0. The van der Waals surface area contributed by atoms with Crippen LogP contribution in [0.5, 0.6) is 5.75 Å². The minimum atomic E-state index is 0.346. The van der Waals surface area contributed by atoms with Crippen LogP contribution in [0.25, 0.3) is 0 Å². The maximum Gasteiger partial charge on any atom is 0.119 e. The van der Waals surface area contributed by atoms with Gasteiger partial charge in [0.25, 0.3) is 0 Å². The Labute approximate surface area is 124 Å². The van der Waals surface area contributed by atoms with Gasteiger partial charge in [-0.3, -0.25) is 0 Å². The van der Waals surface area contributed by atoms with Crippen LogP contribution < -0.4 is 4.74 Å². The fourth-order valence-corrected chi connectivity index (χ4v) is 1.90. The molecule has 0 atom stereocenters. The smallest absolute Gasteiger partial charge is 0.119 e. The highest BCUT2D eigenvalue weighted by Crippen LogP contribution is 2.25. The number of ether oxygens (including phenoxy) is 2. The van der Waals surface area contributed by atoms with Crippen LogP contribution in [0.15, 0.2) is 24.3 Å². The van der Waals surface area contributed by atoms with Gasteiger partial charge in [0.2, 0.25) is 0 Å². The number of hydrogen-bond acceptors (Lipinski definition) is 2. The van der Waals surface area contributed by atoms with E-state index in [0.29, 0.717) is 5.41 Å². The van der Waals surface area contributed by atoms with Crippen molar-refractivity contribution in [1.29, 1.82) is 0 Å². The van der Waals surface area contributed by atoms with Crippen molar-refractivity contribution in [3.63, 3.8) is 0 Å². The molecule has 0 spiro atoms. The van der Waals surface area contributed by atoms with E-state index in [0.717, 1.165) is 38.4 Å². The van der Waals surface area contributed by atoms with Gasteiger partial charge in [-0.25, -0.2) is 0 Å². The lowest BCUT2D eigenvalue weighted by atomic mass is 9.86. The zero-order valence-corrected chi connectivity index (χ0v) is 13.6. The summed E-state index contributed by atoms with van der Waals surface area (Å²) in [5.41, 5.74) is 1.61. The molecule has 1 aromatic carbocycles. The van der Waals surface area contributed by atoms with E-state index in [2.05, 4.69) is 39.8 Å². The number of rotatable bonds is 10. The third kappa shape index (κ3) is 6.42. The molecule has 0 aliphatic carbocycles. The molecule has 1 rings (SSSR count). The topological polar surface area (TPSA) is 18.5 Å². The first-order chi connectivity index (χ1) is 9.59. The summed E-state index contributed by atoms with van der Waals surface area (Å²) < 4.78 is 11.5. The monoisotopic (exact) mass is 278 g/mol. The molecule has 0 aliphatic rings. The van der Waals surface area contributed by atoms with Gasteiger partial charge in [0.1, 0.15) is 5.75 Å². The van der Waals surface area contributed by atoms with E-state index < -0.39 is 0 Å². The lowest BCUT2D eigenvalue weighted by Gasteiger charge is -2.26. The van der Waals surface area contributed by atoms with E-state index in [9.17, 15) is 0 Å². The van der Waals surface area contributed by atoms with E-state index in [1.165, 1.54) is 18.4 Å². The van der Waals surface area contributed by atoms with Gasteiger partial charge in [-0.2, -0.15) is 0 Å². The van der Waals surface area contributed by atoms with Crippen molar-refractivity contribution >= 4 is 0 Å². The second-order valence-electron chi connectivity index (χ2n) is 5.94. The summed E-state index contributed by atoms with van der Waals surface area (Å²) in [7, 11) is 0. The summed E-state index contributed by atoms with van der Waals surface area (Å²) in [6, 6.07) is 8.21. The maximum atomic E-state index is 5.79. The predicted octanol–water partition coefficient (Wildman–Crippen LogP) is 5.00. The van der Waals surface area contributed by atoms with E-state index in [-0.39, 0.29) is 0 Å². The molecular weight excluding hydrogens is 248 g/mol. The van der Waals surface area contributed by atoms with Crippen LogP contribution in [-0.2, 0) is 4.74 Å². The predicted molar refractivity (Wildman–Crippen MR) is 85.4 cm³/mol. The van der Waals surface area contributed by atoms with Gasteiger partial charge in [-0.15, -0.1) is 0 Å². The molecule has 0 bridgehead atoms. The van der Waals surface area contributed by atoms with Crippen LogP contribution in [0.3, 0.4) is 0 Å². The van der Waals surface area contributed by atoms with Crippen LogP contribution in [-0.4, -0.2) is 19.8 Å². The minimum Gasteiger partial charge on any atom is -0.494 e. The van der Waals surface area contributed by atoms with Gasteiger partial charge in [-0.05, 0) is 50.2 Å². The molecule has 2 heteroatoms. The minimum absolute atomic E-state index is 0.346. The fraction of sp³-hybridized carbons (Fsp3) is 0.667. The number of benzene rings is 1.